The van der Waals surface area contributed by atoms with Gasteiger partial charge in [0.1, 0.15) is 5.75 Å². The summed E-state index contributed by atoms with van der Waals surface area (Å²) in [5.74, 6) is 0.731. The number of hydrogen-bond acceptors (Lipinski definition) is 3. The quantitative estimate of drug-likeness (QED) is 0.820. The average Bonchev–Trinajstić information content (AvgIpc) is 3.05. The van der Waals surface area contributed by atoms with Gasteiger partial charge in [-0.25, -0.2) is 0 Å². The normalized spacial score (nSPS) is 21.2. The van der Waals surface area contributed by atoms with E-state index in [-0.39, 0.29) is 18.4 Å². The highest BCUT2D eigenvalue weighted by molar-refractivity contribution is 5.94. The molecule has 1 fully saturated rings. The van der Waals surface area contributed by atoms with Gasteiger partial charge >= 0.3 is 0 Å². The van der Waals surface area contributed by atoms with Crippen LogP contribution in [-0.4, -0.2) is 18.4 Å². The number of anilines is 1. The standard InChI is InChI=1S/C13H16N2O3/c1-8-6-11(8)13(17)15-9-2-4-10(5-3-9)18-7-12(14)16/h2-5,8,11H,6-7H2,1H3,(H2,14,16)(H,15,17)/t8-,11+/m1/s1. The third kappa shape index (κ3) is 3.23. The Morgan fingerprint density at radius 2 is 2.00 bits per heavy atom. The largest absolute Gasteiger partial charge is 0.484 e. The number of amides is 2. The Bertz CT molecular complexity index is 456. The Morgan fingerprint density at radius 1 is 1.39 bits per heavy atom. The van der Waals surface area contributed by atoms with Crippen molar-refractivity contribution in [1.29, 1.82) is 0 Å². The fraction of sp³-hybridized carbons (Fsp3) is 0.385. The van der Waals surface area contributed by atoms with E-state index in [9.17, 15) is 9.59 Å². The van der Waals surface area contributed by atoms with Crippen LogP contribution in [0.2, 0.25) is 0 Å². The van der Waals surface area contributed by atoms with E-state index in [2.05, 4.69) is 12.2 Å². The Balaban J connectivity index is 1.87. The lowest BCUT2D eigenvalue weighted by molar-refractivity contribution is -0.120. The van der Waals surface area contributed by atoms with Crippen molar-refractivity contribution in [3.8, 4) is 5.75 Å². The van der Waals surface area contributed by atoms with E-state index in [4.69, 9.17) is 10.5 Å². The molecule has 3 N–H and O–H groups in total. The molecule has 0 bridgehead atoms. The lowest BCUT2D eigenvalue weighted by Crippen LogP contribution is -2.20. The number of hydrogen-bond donors (Lipinski definition) is 2. The summed E-state index contributed by atoms with van der Waals surface area (Å²) in [4.78, 5) is 22.2. The first-order chi connectivity index (χ1) is 8.56. The van der Waals surface area contributed by atoms with Gasteiger partial charge < -0.3 is 15.8 Å². The van der Waals surface area contributed by atoms with Gasteiger partial charge in [0.2, 0.25) is 5.91 Å². The first-order valence-electron chi connectivity index (χ1n) is 5.88. The lowest BCUT2D eigenvalue weighted by atomic mass is 10.2. The third-order valence-corrected chi connectivity index (χ3v) is 2.95. The molecule has 1 saturated carbocycles. The second-order valence-electron chi connectivity index (χ2n) is 4.59. The van der Waals surface area contributed by atoms with Crippen LogP contribution >= 0.6 is 0 Å². The zero-order valence-electron chi connectivity index (χ0n) is 10.2. The Hall–Kier alpha value is -2.04. The molecule has 0 saturated heterocycles. The number of ether oxygens (including phenoxy) is 1. The highest BCUT2D eigenvalue weighted by atomic mass is 16.5. The minimum atomic E-state index is -0.518. The maximum absolute atomic E-state index is 11.7. The maximum atomic E-state index is 11.7. The molecule has 1 aromatic rings. The molecule has 0 aliphatic heterocycles. The minimum Gasteiger partial charge on any atom is -0.484 e. The molecule has 2 amide bonds. The zero-order valence-corrected chi connectivity index (χ0v) is 10.2. The maximum Gasteiger partial charge on any atom is 0.255 e. The van der Waals surface area contributed by atoms with E-state index in [0.29, 0.717) is 11.7 Å². The predicted octanol–water partition coefficient (Wildman–Crippen LogP) is 1.15. The van der Waals surface area contributed by atoms with Gasteiger partial charge in [0.25, 0.3) is 5.91 Å². The molecule has 0 radical (unpaired) electrons. The molecule has 1 aromatic carbocycles. The van der Waals surface area contributed by atoms with Crippen LogP contribution in [0.15, 0.2) is 24.3 Å². The van der Waals surface area contributed by atoms with Crippen LogP contribution in [0.1, 0.15) is 13.3 Å². The van der Waals surface area contributed by atoms with Crippen molar-refractivity contribution in [2.45, 2.75) is 13.3 Å². The molecular formula is C13H16N2O3. The van der Waals surface area contributed by atoms with Crippen LogP contribution in [0, 0.1) is 11.8 Å². The molecule has 18 heavy (non-hydrogen) atoms. The van der Waals surface area contributed by atoms with Crippen LogP contribution in [0.4, 0.5) is 5.69 Å². The van der Waals surface area contributed by atoms with E-state index in [1.165, 1.54) is 0 Å². The SMILES string of the molecule is C[C@@H]1C[C@@H]1C(=O)Nc1ccc(OCC(N)=O)cc1. The predicted molar refractivity (Wildman–Crippen MR) is 67.0 cm³/mol. The summed E-state index contributed by atoms with van der Waals surface area (Å²) in [6, 6.07) is 6.85. The topological polar surface area (TPSA) is 81.4 Å². The van der Waals surface area contributed by atoms with Gasteiger partial charge in [-0.3, -0.25) is 9.59 Å². The Morgan fingerprint density at radius 3 is 2.50 bits per heavy atom. The summed E-state index contributed by atoms with van der Waals surface area (Å²) in [6.07, 6.45) is 0.964. The summed E-state index contributed by atoms with van der Waals surface area (Å²) in [5.41, 5.74) is 5.70. The molecular weight excluding hydrogens is 232 g/mol. The second kappa shape index (κ2) is 5.08. The molecule has 5 heteroatoms. The molecule has 0 unspecified atom stereocenters. The minimum absolute atomic E-state index is 0.0632. The van der Waals surface area contributed by atoms with Crippen molar-refractivity contribution in [3.05, 3.63) is 24.3 Å². The van der Waals surface area contributed by atoms with Gasteiger partial charge in [0.15, 0.2) is 6.61 Å². The third-order valence-electron chi connectivity index (χ3n) is 2.95. The van der Waals surface area contributed by atoms with Crippen molar-refractivity contribution in [2.24, 2.45) is 17.6 Å². The molecule has 0 heterocycles. The number of carbonyl (C=O) groups excluding carboxylic acids is 2. The van der Waals surface area contributed by atoms with Crippen LogP contribution in [-0.2, 0) is 9.59 Å². The van der Waals surface area contributed by atoms with Gasteiger partial charge in [0.05, 0.1) is 0 Å². The summed E-state index contributed by atoms with van der Waals surface area (Å²) < 4.78 is 5.12. The number of nitrogens with two attached hydrogens (primary N) is 1. The van der Waals surface area contributed by atoms with Gasteiger partial charge in [-0.2, -0.15) is 0 Å². The van der Waals surface area contributed by atoms with E-state index in [1.807, 2.05) is 0 Å². The van der Waals surface area contributed by atoms with E-state index in [1.54, 1.807) is 24.3 Å². The monoisotopic (exact) mass is 248 g/mol. The summed E-state index contributed by atoms with van der Waals surface area (Å²) in [6.45, 7) is 1.91. The van der Waals surface area contributed by atoms with Crippen molar-refractivity contribution in [2.75, 3.05) is 11.9 Å². The van der Waals surface area contributed by atoms with Crippen LogP contribution < -0.4 is 15.8 Å². The number of carbonyl (C=O) groups is 2. The summed E-state index contributed by atoms with van der Waals surface area (Å²) >= 11 is 0. The smallest absolute Gasteiger partial charge is 0.255 e. The highest BCUT2D eigenvalue weighted by Gasteiger charge is 2.38. The van der Waals surface area contributed by atoms with Crippen molar-refractivity contribution in [3.63, 3.8) is 0 Å². The number of benzene rings is 1. The molecule has 1 aliphatic rings. The number of nitrogens with one attached hydrogen (secondary N) is 1. The molecule has 0 spiro atoms. The van der Waals surface area contributed by atoms with Gasteiger partial charge in [-0.05, 0) is 36.6 Å². The number of rotatable bonds is 5. The lowest BCUT2D eigenvalue weighted by Gasteiger charge is -2.06. The summed E-state index contributed by atoms with van der Waals surface area (Å²) in [7, 11) is 0. The van der Waals surface area contributed by atoms with E-state index < -0.39 is 5.91 Å². The Kier molecular flexibility index (Phi) is 3.50. The molecule has 2 rings (SSSR count). The Labute approximate surface area is 105 Å². The van der Waals surface area contributed by atoms with Gasteiger partial charge in [-0.1, -0.05) is 6.92 Å². The van der Waals surface area contributed by atoms with E-state index in [0.717, 1.165) is 12.1 Å². The molecule has 96 valence electrons. The molecule has 0 aromatic heterocycles. The van der Waals surface area contributed by atoms with Crippen molar-refractivity contribution < 1.29 is 14.3 Å². The van der Waals surface area contributed by atoms with Crippen LogP contribution in [0.5, 0.6) is 5.75 Å². The van der Waals surface area contributed by atoms with Gasteiger partial charge in [0, 0.05) is 11.6 Å². The zero-order chi connectivity index (χ0) is 13.1. The van der Waals surface area contributed by atoms with Crippen molar-refractivity contribution >= 4 is 17.5 Å². The van der Waals surface area contributed by atoms with Crippen LogP contribution in [0.3, 0.4) is 0 Å². The average molecular weight is 248 g/mol. The molecule has 5 nitrogen and oxygen atoms in total. The summed E-state index contributed by atoms with van der Waals surface area (Å²) in [5, 5.41) is 2.84. The molecule has 1 aliphatic carbocycles. The van der Waals surface area contributed by atoms with Gasteiger partial charge in [-0.15, -0.1) is 0 Å². The fourth-order valence-corrected chi connectivity index (χ4v) is 1.71. The molecule has 2 atom stereocenters. The highest BCUT2D eigenvalue weighted by Crippen LogP contribution is 2.38. The second-order valence-corrected chi connectivity index (χ2v) is 4.59. The van der Waals surface area contributed by atoms with Crippen molar-refractivity contribution in [1.82, 2.24) is 0 Å². The first-order valence-corrected chi connectivity index (χ1v) is 5.88. The van der Waals surface area contributed by atoms with E-state index >= 15 is 0 Å². The first kappa shape index (κ1) is 12.4. The fourth-order valence-electron chi connectivity index (χ4n) is 1.71. The van der Waals surface area contributed by atoms with Crippen LogP contribution in [0.25, 0.3) is 0 Å². The number of primary amides is 1.